The maximum atomic E-state index is 12.9. The summed E-state index contributed by atoms with van der Waals surface area (Å²) in [7, 11) is 0. The number of carbonyl (C=O) groups excluding carboxylic acids is 2. The summed E-state index contributed by atoms with van der Waals surface area (Å²) in [6.45, 7) is 4.52. The van der Waals surface area contributed by atoms with E-state index in [0.29, 0.717) is 17.1 Å². The number of halogens is 1. The molecule has 0 aliphatic carbocycles. The van der Waals surface area contributed by atoms with Gasteiger partial charge in [0.2, 0.25) is 0 Å². The van der Waals surface area contributed by atoms with Gasteiger partial charge in [0, 0.05) is 17.1 Å². The van der Waals surface area contributed by atoms with E-state index in [1.165, 1.54) is 0 Å². The average molecular weight is 398 g/mol. The van der Waals surface area contributed by atoms with Gasteiger partial charge in [-0.3, -0.25) is 9.59 Å². The maximum Gasteiger partial charge on any atom is 0.295 e. The molecule has 1 heterocycles. The summed E-state index contributed by atoms with van der Waals surface area (Å²) in [5, 5.41) is 11.5. The average Bonchev–Trinajstić information content (AvgIpc) is 2.93. The van der Waals surface area contributed by atoms with E-state index in [1.807, 2.05) is 31.2 Å². The Morgan fingerprint density at radius 2 is 1.75 bits per heavy atom. The Balaban J connectivity index is 2.14. The molecule has 146 valence electrons. The predicted octanol–water partition coefficient (Wildman–Crippen LogP) is 5.26. The number of Topliss-reactive ketones (excluding diaryl/α,β-unsaturated/α-hetero) is 1. The van der Waals surface area contributed by atoms with Crippen molar-refractivity contribution in [3.8, 4) is 0 Å². The number of unbranched alkanes of at least 4 members (excludes halogenated alkanes) is 2. The fraction of sp³-hybridized carbons (Fsp3) is 0.304. The van der Waals surface area contributed by atoms with E-state index < -0.39 is 17.7 Å². The van der Waals surface area contributed by atoms with Crippen molar-refractivity contribution in [2.24, 2.45) is 0 Å². The largest absolute Gasteiger partial charge is 0.507 e. The van der Waals surface area contributed by atoms with E-state index in [4.69, 9.17) is 11.6 Å². The van der Waals surface area contributed by atoms with Crippen LogP contribution in [-0.2, 0) is 9.59 Å². The van der Waals surface area contributed by atoms with Gasteiger partial charge in [-0.1, -0.05) is 55.6 Å². The molecule has 1 N–H and O–H groups in total. The second kappa shape index (κ2) is 8.61. The minimum absolute atomic E-state index is 0.137. The fourth-order valence-corrected chi connectivity index (χ4v) is 3.75. The van der Waals surface area contributed by atoms with E-state index in [0.717, 1.165) is 30.4 Å². The Morgan fingerprint density at radius 3 is 2.39 bits per heavy atom. The van der Waals surface area contributed by atoms with Crippen LogP contribution in [-0.4, -0.2) is 28.2 Å². The molecule has 1 saturated heterocycles. The molecule has 1 aliphatic heterocycles. The molecule has 0 radical (unpaired) electrons. The first kappa shape index (κ1) is 20.2. The van der Waals surface area contributed by atoms with Gasteiger partial charge in [-0.2, -0.15) is 0 Å². The zero-order valence-electron chi connectivity index (χ0n) is 16.1. The van der Waals surface area contributed by atoms with Crippen LogP contribution in [0.4, 0.5) is 0 Å². The lowest BCUT2D eigenvalue weighted by Gasteiger charge is -2.26. The van der Waals surface area contributed by atoms with Crippen molar-refractivity contribution in [1.82, 2.24) is 4.90 Å². The fourth-order valence-electron chi connectivity index (χ4n) is 3.62. The summed E-state index contributed by atoms with van der Waals surface area (Å²) in [5.41, 5.74) is 2.43. The van der Waals surface area contributed by atoms with Crippen LogP contribution < -0.4 is 0 Å². The molecular formula is C23H24ClNO3. The summed E-state index contributed by atoms with van der Waals surface area (Å²) in [4.78, 5) is 27.3. The molecule has 2 aromatic rings. The Kier molecular flexibility index (Phi) is 6.20. The molecule has 2 aromatic carbocycles. The molecule has 1 unspecified atom stereocenters. The highest BCUT2D eigenvalue weighted by Crippen LogP contribution is 2.40. The van der Waals surface area contributed by atoms with Gasteiger partial charge >= 0.3 is 0 Å². The Bertz CT molecular complexity index is 918. The maximum absolute atomic E-state index is 12.9. The molecule has 28 heavy (non-hydrogen) atoms. The summed E-state index contributed by atoms with van der Waals surface area (Å²) < 4.78 is 0. The highest BCUT2D eigenvalue weighted by atomic mass is 35.5. The molecule has 0 spiro atoms. The van der Waals surface area contributed by atoms with E-state index in [9.17, 15) is 14.7 Å². The molecule has 3 rings (SSSR count). The molecule has 1 amide bonds. The van der Waals surface area contributed by atoms with Gasteiger partial charge in [-0.15, -0.1) is 0 Å². The summed E-state index contributed by atoms with van der Waals surface area (Å²) >= 11 is 5.94. The van der Waals surface area contributed by atoms with Gasteiger partial charge in [0.15, 0.2) is 0 Å². The predicted molar refractivity (Wildman–Crippen MR) is 111 cm³/mol. The Morgan fingerprint density at radius 1 is 1.07 bits per heavy atom. The SMILES string of the molecule is CCCCCN1C(=O)C(=O)/C(=C(\O)c2ccc(Cl)cc2)C1c1ccccc1C. The molecule has 1 atom stereocenters. The lowest BCUT2D eigenvalue weighted by Crippen LogP contribution is -2.31. The molecule has 0 bridgehead atoms. The molecule has 1 fully saturated rings. The van der Waals surface area contributed by atoms with E-state index >= 15 is 0 Å². The van der Waals surface area contributed by atoms with Crippen molar-refractivity contribution in [2.45, 2.75) is 39.2 Å². The third kappa shape index (κ3) is 3.83. The van der Waals surface area contributed by atoms with Gasteiger partial charge < -0.3 is 10.0 Å². The lowest BCUT2D eigenvalue weighted by atomic mass is 9.92. The molecule has 4 nitrogen and oxygen atoms in total. The number of ketones is 1. The van der Waals surface area contributed by atoms with Crippen LogP contribution in [0.25, 0.3) is 5.76 Å². The zero-order valence-corrected chi connectivity index (χ0v) is 16.9. The standard InChI is InChI=1S/C23H24ClNO3/c1-3-4-7-14-25-20(18-9-6-5-8-15(18)2)19(22(27)23(25)28)21(26)16-10-12-17(24)13-11-16/h5-6,8-13,20,26H,3-4,7,14H2,1-2H3/b21-19-. The number of aryl methyl sites for hydroxylation is 1. The highest BCUT2D eigenvalue weighted by Gasteiger charge is 2.46. The van der Waals surface area contributed by atoms with Crippen molar-refractivity contribution in [1.29, 1.82) is 0 Å². The quantitative estimate of drug-likeness (QED) is 0.313. The molecule has 0 aromatic heterocycles. The third-order valence-electron chi connectivity index (χ3n) is 5.14. The van der Waals surface area contributed by atoms with Crippen molar-refractivity contribution in [3.05, 3.63) is 75.8 Å². The van der Waals surface area contributed by atoms with Crippen LogP contribution in [0.1, 0.15) is 48.9 Å². The van der Waals surface area contributed by atoms with Crippen molar-refractivity contribution in [3.63, 3.8) is 0 Å². The van der Waals surface area contributed by atoms with E-state index in [-0.39, 0.29) is 11.3 Å². The normalized spacial score (nSPS) is 18.7. The number of rotatable bonds is 6. The smallest absolute Gasteiger partial charge is 0.295 e. The number of carbonyl (C=O) groups is 2. The van der Waals surface area contributed by atoms with E-state index in [2.05, 4.69) is 6.92 Å². The topological polar surface area (TPSA) is 57.6 Å². The van der Waals surface area contributed by atoms with Gasteiger partial charge in [-0.25, -0.2) is 0 Å². The first-order valence-electron chi connectivity index (χ1n) is 9.55. The number of amides is 1. The van der Waals surface area contributed by atoms with Crippen molar-refractivity contribution >= 4 is 29.1 Å². The van der Waals surface area contributed by atoms with Crippen LogP contribution in [0.3, 0.4) is 0 Å². The van der Waals surface area contributed by atoms with Crippen molar-refractivity contribution < 1.29 is 14.7 Å². The van der Waals surface area contributed by atoms with Gasteiger partial charge in [0.05, 0.1) is 11.6 Å². The molecule has 5 heteroatoms. The van der Waals surface area contributed by atoms with Gasteiger partial charge in [-0.05, 0) is 48.7 Å². The number of aliphatic hydroxyl groups excluding tert-OH is 1. The number of aliphatic hydroxyl groups is 1. The van der Waals surface area contributed by atoms with Crippen LogP contribution >= 0.6 is 11.6 Å². The minimum Gasteiger partial charge on any atom is -0.507 e. The Labute approximate surface area is 170 Å². The number of hydrogen-bond donors (Lipinski definition) is 1. The zero-order chi connectivity index (χ0) is 20.3. The molecule has 1 aliphatic rings. The number of likely N-dealkylation sites (tertiary alicyclic amines) is 1. The summed E-state index contributed by atoms with van der Waals surface area (Å²) in [5.74, 6) is -1.36. The monoisotopic (exact) mass is 397 g/mol. The lowest BCUT2D eigenvalue weighted by molar-refractivity contribution is -0.139. The van der Waals surface area contributed by atoms with E-state index in [1.54, 1.807) is 29.2 Å². The van der Waals surface area contributed by atoms with Gasteiger partial charge in [0.1, 0.15) is 5.76 Å². The Hall–Kier alpha value is -2.59. The van der Waals surface area contributed by atoms with Crippen LogP contribution in [0, 0.1) is 6.92 Å². The highest BCUT2D eigenvalue weighted by molar-refractivity contribution is 6.46. The first-order chi connectivity index (χ1) is 13.5. The second-order valence-electron chi connectivity index (χ2n) is 7.06. The van der Waals surface area contributed by atoms with Crippen LogP contribution in [0.15, 0.2) is 54.1 Å². The molecular weight excluding hydrogens is 374 g/mol. The molecule has 0 saturated carbocycles. The number of hydrogen-bond acceptors (Lipinski definition) is 3. The van der Waals surface area contributed by atoms with Crippen LogP contribution in [0.5, 0.6) is 0 Å². The first-order valence-corrected chi connectivity index (χ1v) is 9.93. The number of benzene rings is 2. The van der Waals surface area contributed by atoms with Gasteiger partial charge in [0.25, 0.3) is 11.7 Å². The minimum atomic E-state index is -0.641. The number of nitrogens with zero attached hydrogens (tertiary/aromatic N) is 1. The third-order valence-corrected chi connectivity index (χ3v) is 5.40. The summed E-state index contributed by atoms with van der Waals surface area (Å²) in [6, 6.07) is 13.7. The summed E-state index contributed by atoms with van der Waals surface area (Å²) in [6.07, 6.45) is 2.80. The van der Waals surface area contributed by atoms with Crippen molar-refractivity contribution in [2.75, 3.05) is 6.54 Å². The second-order valence-corrected chi connectivity index (χ2v) is 7.50. The van der Waals surface area contributed by atoms with Crippen LogP contribution in [0.2, 0.25) is 5.02 Å².